The van der Waals surface area contributed by atoms with Gasteiger partial charge in [-0.3, -0.25) is 4.98 Å². The molecule has 0 saturated heterocycles. The van der Waals surface area contributed by atoms with Gasteiger partial charge in [-0.2, -0.15) is 0 Å². The van der Waals surface area contributed by atoms with Gasteiger partial charge in [-0.25, -0.2) is 4.79 Å². The molecule has 0 saturated carbocycles. The second-order valence-corrected chi connectivity index (χ2v) is 5.19. The highest BCUT2D eigenvalue weighted by Gasteiger charge is 2.15. The molecule has 0 aliphatic carbocycles. The van der Waals surface area contributed by atoms with Gasteiger partial charge in [0.2, 0.25) is 0 Å². The molecule has 2 rings (SSSR count). The summed E-state index contributed by atoms with van der Waals surface area (Å²) in [5, 5.41) is 14.8. The second kappa shape index (κ2) is 8.14. The number of hydrogen-bond acceptors (Lipinski definition) is 3. The fourth-order valence-corrected chi connectivity index (χ4v) is 2.12. The van der Waals surface area contributed by atoms with Gasteiger partial charge >= 0.3 is 6.03 Å². The van der Waals surface area contributed by atoms with Gasteiger partial charge in [0.15, 0.2) is 0 Å². The Morgan fingerprint density at radius 2 is 1.91 bits per heavy atom. The number of nitrogens with zero attached hydrogens (tertiary/aromatic N) is 1. The lowest BCUT2D eigenvalue weighted by Gasteiger charge is -2.19. The van der Waals surface area contributed by atoms with Crippen LogP contribution in [0.5, 0.6) is 0 Å². The Balaban J connectivity index is 2.07. The smallest absolute Gasteiger partial charge is 0.315 e. The summed E-state index contributed by atoms with van der Waals surface area (Å²) in [4.78, 5) is 16.3. The lowest BCUT2D eigenvalue weighted by molar-refractivity contribution is 0.186. The number of aromatic nitrogens is 1. The molecular weight excluding hydrogens is 278 g/mol. The van der Waals surface area contributed by atoms with E-state index in [1.165, 1.54) is 0 Å². The summed E-state index contributed by atoms with van der Waals surface area (Å²) in [5.41, 5.74) is 1.92. The number of amides is 2. The van der Waals surface area contributed by atoms with E-state index in [-0.39, 0.29) is 18.6 Å². The first-order valence-electron chi connectivity index (χ1n) is 7.32. The van der Waals surface area contributed by atoms with E-state index < -0.39 is 6.10 Å². The highest BCUT2D eigenvalue weighted by Crippen LogP contribution is 2.17. The molecule has 0 unspecified atom stereocenters. The van der Waals surface area contributed by atoms with Crippen molar-refractivity contribution in [2.45, 2.75) is 25.5 Å². The van der Waals surface area contributed by atoms with Crippen molar-refractivity contribution in [3.63, 3.8) is 0 Å². The molecule has 1 aromatic carbocycles. The van der Waals surface area contributed by atoms with Gasteiger partial charge in [-0.15, -0.1) is 0 Å². The van der Waals surface area contributed by atoms with Gasteiger partial charge in [0, 0.05) is 24.9 Å². The standard InChI is InChI=1S/C17H21N3O2/c1-13(21)12-19-17(22)20-16(14-7-3-2-4-8-14)11-15-9-5-6-10-18-15/h2-10,13,16,21H,11-12H2,1H3,(H2,19,20,22)/t13-,16-/m1/s1. The van der Waals surface area contributed by atoms with E-state index in [2.05, 4.69) is 15.6 Å². The summed E-state index contributed by atoms with van der Waals surface area (Å²) in [5.74, 6) is 0. The third kappa shape index (κ3) is 5.18. The van der Waals surface area contributed by atoms with Gasteiger partial charge in [-0.05, 0) is 24.6 Å². The quantitative estimate of drug-likeness (QED) is 0.764. The normalized spacial score (nSPS) is 13.2. The zero-order valence-electron chi connectivity index (χ0n) is 12.6. The number of urea groups is 1. The van der Waals surface area contributed by atoms with Crippen LogP contribution in [0.1, 0.15) is 24.2 Å². The van der Waals surface area contributed by atoms with E-state index in [1.807, 2.05) is 48.5 Å². The van der Waals surface area contributed by atoms with Crippen molar-refractivity contribution in [1.82, 2.24) is 15.6 Å². The van der Waals surface area contributed by atoms with Crippen LogP contribution in [0.2, 0.25) is 0 Å². The van der Waals surface area contributed by atoms with Crippen LogP contribution in [-0.4, -0.2) is 28.8 Å². The Hall–Kier alpha value is -2.40. The predicted molar refractivity (Wildman–Crippen MR) is 85.3 cm³/mol. The van der Waals surface area contributed by atoms with Crippen LogP contribution in [0.4, 0.5) is 4.79 Å². The fourth-order valence-electron chi connectivity index (χ4n) is 2.12. The Kier molecular flexibility index (Phi) is 5.91. The van der Waals surface area contributed by atoms with E-state index >= 15 is 0 Å². The molecule has 1 heterocycles. The summed E-state index contributed by atoms with van der Waals surface area (Å²) in [7, 11) is 0. The third-order valence-electron chi connectivity index (χ3n) is 3.20. The average molecular weight is 299 g/mol. The summed E-state index contributed by atoms with van der Waals surface area (Å²) < 4.78 is 0. The Bertz CT molecular complexity index is 573. The van der Waals surface area contributed by atoms with Crippen molar-refractivity contribution in [1.29, 1.82) is 0 Å². The van der Waals surface area contributed by atoms with Crippen molar-refractivity contribution >= 4 is 6.03 Å². The number of nitrogens with one attached hydrogen (secondary N) is 2. The zero-order valence-corrected chi connectivity index (χ0v) is 12.6. The van der Waals surface area contributed by atoms with E-state index in [9.17, 15) is 9.90 Å². The molecule has 2 amide bonds. The number of aliphatic hydroxyl groups is 1. The predicted octanol–water partition coefficient (Wildman–Crippen LogP) is 2.05. The topological polar surface area (TPSA) is 74.2 Å². The van der Waals surface area contributed by atoms with Crippen LogP contribution in [-0.2, 0) is 6.42 Å². The van der Waals surface area contributed by atoms with Crippen molar-refractivity contribution in [2.24, 2.45) is 0 Å². The maximum absolute atomic E-state index is 12.0. The first-order valence-corrected chi connectivity index (χ1v) is 7.32. The van der Waals surface area contributed by atoms with Crippen LogP contribution in [0, 0.1) is 0 Å². The third-order valence-corrected chi connectivity index (χ3v) is 3.20. The molecule has 0 bridgehead atoms. The summed E-state index contributed by atoms with van der Waals surface area (Å²) in [6.45, 7) is 1.85. The lowest BCUT2D eigenvalue weighted by Crippen LogP contribution is -2.41. The Labute approximate surface area is 130 Å². The van der Waals surface area contributed by atoms with Crippen LogP contribution in [0.25, 0.3) is 0 Å². The molecule has 3 N–H and O–H groups in total. The summed E-state index contributed by atoms with van der Waals surface area (Å²) in [6.07, 6.45) is 1.77. The van der Waals surface area contributed by atoms with Crippen LogP contribution >= 0.6 is 0 Å². The number of hydrogen-bond donors (Lipinski definition) is 3. The van der Waals surface area contributed by atoms with Crippen molar-refractivity contribution < 1.29 is 9.90 Å². The lowest BCUT2D eigenvalue weighted by atomic mass is 10.0. The Morgan fingerprint density at radius 3 is 2.55 bits per heavy atom. The summed E-state index contributed by atoms with van der Waals surface area (Å²) >= 11 is 0. The minimum atomic E-state index is -0.572. The van der Waals surface area contributed by atoms with Gasteiger partial charge in [0.1, 0.15) is 0 Å². The number of rotatable bonds is 6. The first kappa shape index (κ1) is 16.0. The fraction of sp³-hybridized carbons (Fsp3) is 0.294. The molecule has 5 heteroatoms. The van der Waals surface area contributed by atoms with Crippen molar-refractivity contribution in [3.8, 4) is 0 Å². The molecule has 0 aliphatic heterocycles. The van der Waals surface area contributed by atoms with Crippen LogP contribution < -0.4 is 10.6 Å². The van der Waals surface area contributed by atoms with Gasteiger partial charge in [0.05, 0.1) is 12.1 Å². The second-order valence-electron chi connectivity index (χ2n) is 5.19. The molecule has 0 fully saturated rings. The minimum Gasteiger partial charge on any atom is -0.392 e. The largest absolute Gasteiger partial charge is 0.392 e. The highest BCUT2D eigenvalue weighted by molar-refractivity contribution is 5.74. The number of pyridine rings is 1. The molecule has 0 radical (unpaired) electrons. The molecule has 2 atom stereocenters. The van der Waals surface area contributed by atoms with Crippen LogP contribution in [0.3, 0.4) is 0 Å². The van der Waals surface area contributed by atoms with E-state index in [0.29, 0.717) is 6.42 Å². The zero-order chi connectivity index (χ0) is 15.8. The maximum Gasteiger partial charge on any atom is 0.315 e. The van der Waals surface area contributed by atoms with Crippen LogP contribution in [0.15, 0.2) is 54.7 Å². The van der Waals surface area contributed by atoms with Crippen molar-refractivity contribution in [3.05, 3.63) is 66.0 Å². The molecule has 2 aromatic rings. The number of carbonyl (C=O) groups excluding carboxylic acids is 1. The molecule has 116 valence electrons. The summed E-state index contributed by atoms with van der Waals surface area (Å²) in [6, 6.07) is 15.0. The molecule has 0 aliphatic rings. The molecule has 5 nitrogen and oxygen atoms in total. The maximum atomic E-state index is 12.0. The highest BCUT2D eigenvalue weighted by atomic mass is 16.3. The molecule has 1 aromatic heterocycles. The molecule has 22 heavy (non-hydrogen) atoms. The average Bonchev–Trinajstić information content (AvgIpc) is 2.54. The number of aliphatic hydroxyl groups excluding tert-OH is 1. The SMILES string of the molecule is C[C@@H](O)CNC(=O)N[C@H](Cc1ccccn1)c1ccccc1. The van der Waals surface area contributed by atoms with E-state index in [1.54, 1.807) is 13.1 Å². The number of benzene rings is 1. The minimum absolute atomic E-state index is 0.176. The van der Waals surface area contributed by atoms with Crippen molar-refractivity contribution in [2.75, 3.05) is 6.54 Å². The molecular formula is C17H21N3O2. The van der Waals surface area contributed by atoms with E-state index in [0.717, 1.165) is 11.3 Å². The van der Waals surface area contributed by atoms with Gasteiger partial charge in [0.25, 0.3) is 0 Å². The molecule has 0 spiro atoms. The van der Waals surface area contributed by atoms with E-state index in [4.69, 9.17) is 0 Å². The monoisotopic (exact) mass is 299 g/mol. The van der Waals surface area contributed by atoms with Gasteiger partial charge in [-0.1, -0.05) is 36.4 Å². The Morgan fingerprint density at radius 1 is 1.18 bits per heavy atom. The first-order chi connectivity index (χ1) is 10.6. The van der Waals surface area contributed by atoms with Gasteiger partial charge < -0.3 is 15.7 Å². The number of carbonyl (C=O) groups is 1.